The molecule has 4 rings (SSSR count). The van der Waals surface area contributed by atoms with Gasteiger partial charge >= 0.3 is 0 Å². The lowest BCUT2D eigenvalue weighted by molar-refractivity contribution is 0.0789. The molecule has 7 nitrogen and oxygen atoms in total. The minimum atomic E-state index is -0.261. The Morgan fingerprint density at radius 2 is 1.90 bits per heavy atom. The first-order valence-corrected chi connectivity index (χ1v) is 9.26. The number of anilines is 2. The van der Waals surface area contributed by atoms with E-state index in [1.165, 1.54) is 0 Å². The van der Waals surface area contributed by atoms with Gasteiger partial charge in [0.25, 0.3) is 5.91 Å². The van der Waals surface area contributed by atoms with Crippen LogP contribution >= 0.6 is 0 Å². The van der Waals surface area contributed by atoms with Gasteiger partial charge in [-0.2, -0.15) is 0 Å². The van der Waals surface area contributed by atoms with Crippen molar-refractivity contribution < 1.29 is 19.0 Å². The van der Waals surface area contributed by atoms with Gasteiger partial charge in [-0.05, 0) is 48.5 Å². The van der Waals surface area contributed by atoms with Crippen LogP contribution in [-0.2, 0) is 0 Å². The zero-order chi connectivity index (χ0) is 20.1. The van der Waals surface area contributed by atoms with Crippen molar-refractivity contribution in [1.29, 1.82) is 0 Å². The fourth-order valence-electron chi connectivity index (χ4n) is 2.96. The highest BCUT2D eigenvalue weighted by Crippen LogP contribution is 2.30. The van der Waals surface area contributed by atoms with Crippen molar-refractivity contribution in [3.63, 3.8) is 0 Å². The zero-order valence-corrected chi connectivity index (χ0v) is 15.9. The number of benzene rings is 2. The summed E-state index contributed by atoms with van der Waals surface area (Å²) in [5, 5.41) is 6.07. The van der Waals surface area contributed by atoms with Gasteiger partial charge in [-0.3, -0.25) is 4.79 Å². The normalized spacial score (nSPS) is 14.7. The van der Waals surface area contributed by atoms with Crippen molar-refractivity contribution in [3.8, 4) is 17.2 Å². The zero-order valence-electron chi connectivity index (χ0n) is 15.9. The Balaban J connectivity index is 1.40. The number of fused-ring (bicyclic) bond motifs is 1. The lowest BCUT2D eigenvalue weighted by Gasteiger charge is -2.26. The van der Waals surface area contributed by atoms with Gasteiger partial charge in [-0.1, -0.05) is 12.1 Å². The van der Waals surface area contributed by atoms with Crippen LogP contribution in [0, 0.1) is 0 Å². The molecule has 3 aromatic rings. The maximum Gasteiger partial charge on any atom is 0.255 e. The number of nitrogens with one attached hydrogen (secondary N) is 2. The standard InChI is InChI=1S/C22H21N3O4/c1-27-16-10-8-15(9-11-16)25-21-18(5-4-12-23-21)22(26)24-13-17-14-28-19-6-2-3-7-20(19)29-17/h2-12,17H,13-14H2,1H3,(H,23,25)(H,24,26). The van der Waals surface area contributed by atoms with Gasteiger partial charge in [-0.15, -0.1) is 0 Å². The summed E-state index contributed by atoms with van der Waals surface area (Å²) in [5.41, 5.74) is 1.25. The Labute approximate surface area is 168 Å². The first kappa shape index (κ1) is 18.6. The fourth-order valence-corrected chi connectivity index (χ4v) is 2.96. The predicted molar refractivity (Wildman–Crippen MR) is 109 cm³/mol. The lowest BCUT2D eigenvalue weighted by atomic mass is 10.2. The van der Waals surface area contributed by atoms with E-state index in [1.807, 2.05) is 48.5 Å². The molecule has 0 saturated heterocycles. The Bertz CT molecular complexity index is 991. The summed E-state index contributed by atoms with van der Waals surface area (Å²) in [6.45, 7) is 0.700. The first-order chi connectivity index (χ1) is 14.2. The number of ether oxygens (including phenoxy) is 3. The van der Waals surface area contributed by atoms with E-state index in [1.54, 1.807) is 25.4 Å². The minimum absolute atomic E-state index is 0.239. The second-order valence-electron chi connectivity index (χ2n) is 6.46. The molecule has 2 aromatic carbocycles. The van der Waals surface area contributed by atoms with E-state index < -0.39 is 0 Å². The van der Waals surface area contributed by atoms with E-state index in [-0.39, 0.29) is 12.0 Å². The van der Waals surface area contributed by atoms with Gasteiger partial charge < -0.3 is 24.8 Å². The predicted octanol–water partition coefficient (Wildman–Crippen LogP) is 3.40. The van der Waals surface area contributed by atoms with Crippen LogP contribution in [-0.4, -0.2) is 37.3 Å². The highest BCUT2D eigenvalue weighted by Gasteiger charge is 2.22. The number of methoxy groups -OCH3 is 1. The summed E-state index contributed by atoms with van der Waals surface area (Å²) in [5.74, 6) is 2.39. The van der Waals surface area contributed by atoms with Crippen molar-refractivity contribution in [2.75, 3.05) is 25.6 Å². The minimum Gasteiger partial charge on any atom is -0.497 e. The molecule has 0 saturated carbocycles. The van der Waals surface area contributed by atoms with Gasteiger partial charge in [0.2, 0.25) is 0 Å². The van der Waals surface area contributed by atoms with E-state index in [2.05, 4.69) is 15.6 Å². The number of pyridine rings is 1. The molecule has 0 bridgehead atoms. The monoisotopic (exact) mass is 391 g/mol. The van der Waals surface area contributed by atoms with Crippen LogP contribution in [0.25, 0.3) is 0 Å². The quantitative estimate of drug-likeness (QED) is 0.670. The third-order valence-corrected chi connectivity index (χ3v) is 4.46. The molecule has 1 aromatic heterocycles. The molecule has 0 aliphatic carbocycles. The van der Waals surface area contributed by atoms with Crippen molar-refractivity contribution in [1.82, 2.24) is 10.3 Å². The van der Waals surface area contributed by atoms with Crippen molar-refractivity contribution in [2.45, 2.75) is 6.10 Å². The van der Waals surface area contributed by atoms with Crippen LogP contribution in [0.1, 0.15) is 10.4 Å². The number of aromatic nitrogens is 1. The van der Waals surface area contributed by atoms with Gasteiger partial charge in [0.05, 0.1) is 19.2 Å². The number of carbonyl (C=O) groups excluding carboxylic acids is 1. The van der Waals surface area contributed by atoms with Crippen LogP contribution in [0.15, 0.2) is 66.9 Å². The second-order valence-corrected chi connectivity index (χ2v) is 6.46. The number of hydrogen-bond acceptors (Lipinski definition) is 6. The third-order valence-electron chi connectivity index (χ3n) is 4.46. The molecule has 1 amide bonds. The van der Waals surface area contributed by atoms with E-state index in [0.717, 1.165) is 11.4 Å². The van der Waals surface area contributed by atoms with Crippen LogP contribution in [0.5, 0.6) is 17.2 Å². The SMILES string of the molecule is COc1ccc(Nc2ncccc2C(=O)NCC2COc3ccccc3O2)cc1. The highest BCUT2D eigenvalue weighted by molar-refractivity contribution is 5.99. The Morgan fingerprint density at radius 3 is 2.69 bits per heavy atom. The van der Waals surface area contributed by atoms with Crippen LogP contribution in [0.4, 0.5) is 11.5 Å². The largest absolute Gasteiger partial charge is 0.497 e. The van der Waals surface area contributed by atoms with Gasteiger partial charge in [-0.25, -0.2) is 4.98 Å². The van der Waals surface area contributed by atoms with E-state index >= 15 is 0 Å². The fraction of sp³-hybridized carbons (Fsp3) is 0.182. The molecule has 0 spiro atoms. The number of hydrogen-bond donors (Lipinski definition) is 2. The summed E-state index contributed by atoms with van der Waals surface area (Å²) in [4.78, 5) is 17.0. The molecule has 7 heteroatoms. The molecule has 1 aliphatic rings. The average molecular weight is 391 g/mol. The summed E-state index contributed by atoms with van der Waals surface area (Å²) in [6, 6.07) is 18.3. The smallest absolute Gasteiger partial charge is 0.255 e. The molecule has 2 heterocycles. The number of amides is 1. The third kappa shape index (κ3) is 4.40. The van der Waals surface area contributed by atoms with Crippen LogP contribution < -0.4 is 24.8 Å². The number of rotatable bonds is 6. The highest BCUT2D eigenvalue weighted by atomic mass is 16.6. The second kappa shape index (κ2) is 8.52. The van der Waals surface area contributed by atoms with E-state index in [9.17, 15) is 4.79 Å². The molecule has 2 N–H and O–H groups in total. The summed E-state index contributed by atoms with van der Waals surface area (Å²) in [7, 11) is 1.61. The molecule has 1 atom stereocenters. The van der Waals surface area contributed by atoms with Crippen molar-refractivity contribution >= 4 is 17.4 Å². The van der Waals surface area contributed by atoms with Gasteiger partial charge in [0.1, 0.15) is 24.3 Å². The molecular formula is C22H21N3O4. The van der Waals surface area contributed by atoms with E-state index in [4.69, 9.17) is 14.2 Å². The van der Waals surface area contributed by atoms with Gasteiger partial charge in [0, 0.05) is 11.9 Å². The molecule has 29 heavy (non-hydrogen) atoms. The number of carbonyl (C=O) groups is 1. The summed E-state index contributed by atoms with van der Waals surface area (Å²) >= 11 is 0. The summed E-state index contributed by atoms with van der Waals surface area (Å²) < 4.78 is 16.7. The lowest BCUT2D eigenvalue weighted by Crippen LogP contribution is -2.40. The Hall–Kier alpha value is -3.74. The number of nitrogens with zero attached hydrogens (tertiary/aromatic N) is 1. The first-order valence-electron chi connectivity index (χ1n) is 9.26. The molecule has 1 unspecified atom stereocenters. The van der Waals surface area contributed by atoms with E-state index in [0.29, 0.717) is 36.0 Å². The van der Waals surface area contributed by atoms with Crippen LogP contribution in [0.3, 0.4) is 0 Å². The average Bonchev–Trinajstić information content (AvgIpc) is 2.78. The maximum absolute atomic E-state index is 12.7. The topological polar surface area (TPSA) is 81.7 Å². The Morgan fingerprint density at radius 1 is 1.10 bits per heavy atom. The maximum atomic E-state index is 12.7. The van der Waals surface area contributed by atoms with Crippen LogP contribution in [0.2, 0.25) is 0 Å². The molecular weight excluding hydrogens is 370 g/mol. The molecule has 0 fully saturated rings. The van der Waals surface area contributed by atoms with Gasteiger partial charge in [0.15, 0.2) is 11.5 Å². The van der Waals surface area contributed by atoms with Crippen molar-refractivity contribution in [3.05, 3.63) is 72.4 Å². The van der Waals surface area contributed by atoms with Crippen molar-refractivity contribution in [2.24, 2.45) is 0 Å². The number of para-hydroxylation sites is 2. The molecule has 148 valence electrons. The summed E-state index contributed by atoms with van der Waals surface area (Å²) in [6.07, 6.45) is 1.38. The molecule has 0 radical (unpaired) electrons. The molecule has 1 aliphatic heterocycles. The Kier molecular flexibility index (Phi) is 5.47.